The first-order valence-corrected chi connectivity index (χ1v) is 10.5. The first-order valence-electron chi connectivity index (χ1n) is 10.1. The lowest BCUT2D eigenvalue weighted by atomic mass is 9.45. The van der Waals surface area contributed by atoms with Crippen LogP contribution in [0.25, 0.3) is 0 Å². The van der Waals surface area contributed by atoms with Crippen LogP contribution in [0, 0.1) is 28.6 Å². The highest BCUT2D eigenvalue weighted by Crippen LogP contribution is 2.71. The topological polar surface area (TPSA) is 94.8 Å². The fourth-order valence-electron chi connectivity index (χ4n) is 7.26. The van der Waals surface area contributed by atoms with Crippen molar-refractivity contribution < 1.29 is 24.9 Å². The summed E-state index contributed by atoms with van der Waals surface area (Å²) in [6.07, 6.45) is 6.22. The predicted molar refractivity (Wildman–Crippen MR) is 105 cm³/mol. The number of allylic oxidation sites excluding steroid dienone is 4. The number of aliphatic hydroxyl groups is 3. The number of carbonyl (C=O) groups excluding carboxylic acids is 2. The number of alkyl halides is 1. The van der Waals surface area contributed by atoms with Crippen LogP contribution in [0.5, 0.6) is 0 Å². The third kappa shape index (κ3) is 2.09. The minimum atomic E-state index is -1.68. The second kappa shape index (κ2) is 6.00. The van der Waals surface area contributed by atoms with Gasteiger partial charge in [0.1, 0.15) is 12.2 Å². The Morgan fingerprint density at radius 3 is 2.64 bits per heavy atom. The van der Waals surface area contributed by atoms with E-state index in [9.17, 15) is 24.9 Å². The molecule has 0 aromatic carbocycles. The number of fused-ring (bicyclic) bond motifs is 5. The molecule has 5 nitrogen and oxygen atoms in total. The molecule has 0 aliphatic heterocycles. The lowest BCUT2D eigenvalue weighted by Gasteiger charge is -2.63. The fraction of sp³-hybridized carbons (Fsp3) is 0.727. The first-order chi connectivity index (χ1) is 13.0. The summed E-state index contributed by atoms with van der Waals surface area (Å²) in [4.78, 5) is 23.5. The highest BCUT2D eigenvalue weighted by molar-refractivity contribution is 6.26. The summed E-state index contributed by atoms with van der Waals surface area (Å²) in [6, 6.07) is 0. The number of halogens is 1. The third-order valence-corrected chi connectivity index (χ3v) is 9.72. The van der Waals surface area contributed by atoms with Gasteiger partial charge in [-0.25, -0.2) is 0 Å². The van der Waals surface area contributed by atoms with Crippen molar-refractivity contribution in [3.63, 3.8) is 0 Å². The molecule has 0 spiro atoms. The molecule has 0 unspecified atom stereocenters. The maximum absolute atomic E-state index is 12.6. The first kappa shape index (κ1) is 20.3. The van der Waals surface area contributed by atoms with Gasteiger partial charge in [-0.3, -0.25) is 9.59 Å². The van der Waals surface area contributed by atoms with E-state index in [4.69, 9.17) is 11.6 Å². The van der Waals surface area contributed by atoms with Crippen molar-refractivity contribution in [3.8, 4) is 0 Å². The van der Waals surface area contributed by atoms with E-state index in [1.165, 1.54) is 6.08 Å². The van der Waals surface area contributed by atoms with Crippen LogP contribution in [-0.2, 0) is 9.59 Å². The van der Waals surface area contributed by atoms with Crippen molar-refractivity contribution in [3.05, 3.63) is 23.8 Å². The molecule has 3 fully saturated rings. The Bertz CT molecular complexity index is 805. The van der Waals surface area contributed by atoms with Crippen molar-refractivity contribution in [2.45, 2.75) is 63.0 Å². The molecule has 154 valence electrons. The van der Waals surface area contributed by atoms with Gasteiger partial charge in [0.2, 0.25) is 0 Å². The molecular formula is C22H29ClO5. The van der Waals surface area contributed by atoms with Gasteiger partial charge in [-0.15, -0.1) is 11.6 Å². The van der Waals surface area contributed by atoms with Gasteiger partial charge in [0.15, 0.2) is 11.6 Å². The maximum atomic E-state index is 12.6. The monoisotopic (exact) mass is 408 g/mol. The van der Waals surface area contributed by atoms with Crippen LogP contribution in [0.4, 0.5) is 0 Å². The van der Waals surface area contributed by atoms with E-state index in [1.54, 1.807) is 6.08 Å². The second-order valence-electron chi connectivity index (χ2n) is 9.75. The summed E-state index contributed by atoms with van der Waals surface area (Å²) in [5.74, 6) is -1.15. The highest BCUT2D eigenvalue weighted by Gasteiger charge is 2.74. The molecule has 8 atom stereocenters. The number of aliphatic hydroxyl groups excluding tert-OH is 2. The average molecular weight is 409 g/mol. The van der Waals surface area contributed by atoms with Gasteiger partial charge >= 0.3 is 0 Å². The smallest absolute Gasteiger partial charge is 0.190 e. The standard InChI is InChI=1S/C22H29ClO5/c1-12-8-16-15-5-4-13-9-14(25)6-7-19(13,2)21(15,23)17(26)10-20(16,3)22(12,28)18(27)11-24/h6-7,9,12,15-17,24,26,28H,4-5,8,10-11H2,1-3H3/t12-,15-,16-,17-,19-,20-,21-,22-/m1/s1. The number of ketones is 2. The number of rotatable bonds is 2. The molecule has 0 aromatic rings. The summed E-state index contributed by atoms with van der Waals surface area (Å²) in [6.45, 7) is 4.97. The normalized spacial score (nSPS) is 52.5. The fourth-order valence-corrected chi connectivity index (χ4v) is 7.78. The maximum Gasteiger partial charge on any atom is 0.190 e. The molecular weight excluding hydrogens is 380 g/mol. The van der Waals surface area contributed by atoms with Gasteiger partial charge in [0.25, 0.3) is 0 Å². The van der Waals surface area contributed by atoms with Crippen molar-refractivity contribution in [1.82, 2.24) is 0 Å². The van der Waals surface area contributed by atoms with Crippen LogP contribution < -0.4 is 0 Å². The summed E-state index contributed by atoms with van der Waals surface area (Å²) in [5, 5.41) is 32.3. The number of hydrogen-bond acceptors (Lipinski definition) is 5. The summed E-state index contributed by atoms with van der Waals surface area (Å²) < 4.78 is 0. The van der Waals surface area contributed by atoms with Gasteiger partial charge < -0.3 is 15.3 Å². The minimum absolute atomic E-state index is 0.0567. The van der Waals surface area contributed by atoms with E-state index < -0.39 is 39.8 Å². The lowest BCUT2D eigenvalue weighted by molar-refractivity contribution is -0.179. The van der Waals surface area contributed by atoms with E-state index in [1.807, 2.05) is 26.8 Å². The second-order valence-corrected chi connectivity index (χ2v) is 10.4. The van der Waals surface area contributed by atoms with Crippen LogP contribution in [-0.4, -0.2) is 50.1 Å². The van der Waals surface area contributed by atoms with E-state index in [2.05, 4.69) is 0 Å². The van der Waals surface area contributed by atoms with Crippen LogP contribution >= 0.6 is 11.6 Å². The van der Waals surface area contributed by atoms with E-state index in [-0.39, 0.29) is 30.0 Å². The largest absolute Gasteiger partial charge is 0.391 e. The Labute approximate surface area is 170 Å². The molecule has 0 radical (unpaired) electrons. The van der Waals surface area contributed by atoms with E-state index in [0.29, 0.717) is 19.3 Å². The van der Waals surface area contributed by atoms with Crippen LogP contribution in [0.2, 0.25) is 0 Å². The van der Waals surface area contributed by atoms with Crippen molar-refractivity contribution in [2.24, 2.45) is 28.6 Å². The lowest BCUT2D eigenvalue weighted by Crippen LogP contribution is -2.69. The predicted octanol–water partition coefficient (Wildman–Crippen LogP) is 2.17. The Morgan fingerprint density at radius 1 is 1.32 bits per heavy atom. The zero-order valence-corrected chi connectivity index (χ0v) is 17.4. The van der Waals surface area contributed by atoms with E-state index in [0.717, 1.165) is 5.57 Å². The van der Waals surface area contributed by atoms with Gasteiger partial charge in [-0.05, 0) is 55.6 Å². The molecule has 6 heteroatoms. The van der Waals surface area contributed by atoms with Crippen molar-refractivity contribution in [2.75, 3.05) is 6.61 Å². The van der Waals surface area contributed by atoms with Crippen LogP contribution in [0.3, 0.4) is 0 Å². The molecule has 3 saturated carbocycles. The summed E-state index contributed by atoms with van der Waals surface area (Å²) in [5.41, 5.74) is -2.25. The minimum Gasteiger partial charge on any atom is -0.391 e. The van der Waals surface area contributed by atoms with E-state index >= 15 is 0 Å². The molecule has 4 aliphatic rings. The molecule has 0 amide bonds. The van der Waals surface area contributed by atoms with Crippen molar-refractivity contribution >= 4 is 23.2 Å². The van der Waals surface area contributed by atoms with Crippen molar-refractivity contribution in [1.29, 1.82) is 0 Å². The summed E-state index contributed by atoms with van der Waals surface area (Å²) >= 11 is 7.30. The highest BCUT2D eigenvalue weighted by atomic mass is 35.5. The van der Waals surface area contributed by atoms with Gasteiger partial charge in [-0.2, -0.15) is 0 Å². The molecule has 4 rings (SSSR count). The zero-order chi connectivity index (χ0) is 20.7. The molecule has 0 aromatic heterocycles. The van der Waals surface area contributed by atoms with Gasteiger partial charge in [0, 0.05) is 10.8 Å². The van der Waals surface area contributed by atoms with Gasteiger partial charge in [-0.1, -0.05) is 32.4 Å². The molecule has 28 heavy (non-hydrogen) atoms. The Balaban J connectivity index is 1.84. The molecule has 3 N–H and O–H groups in total. The quantitative estimate of drug-likeness (QED) is 0.608. The Hall–Kier alpha value is -1.01. The number of carbonyl (C=O) groups is 2. The molecule has 0 heterocycles. The Kier molecular flexibility index (Phi) is 4.35. The zero-order valence-electron chi connectivity index (χ0n) is 16.6. The molecule has 0 bridgehead atoms. The SMILES string of the molecule is C[C@@H]1C[C@@H]2[C@H]3CCC4=CC(=O)C=C[C@@]4(C)[C@]3(Cl)[C@H](O)C[C@@]2(C)[C@]1(O)C(=O)CO. The summed E-state index contributed by atoms with van der Waals surface area (Å²) in [7, 11) is 0. The van der Waals surface area contributed by atoms with Crippen LogP contribution in [0.15, 0.2) is 23.8 Å². The van der Waals surface area contributed by atoms with Gasteiger partial charge in [0.05, 0.1) is 11.0 Å². The Morgan fingerprint density at radius 2 is 2.00 bits per heavy atom. The number of hydrogen-bond donors (Lipinski definition) is 3. The average Bonchev–Trinajstić information content (AvgIpc) is 2.84. The molecule has 4 aliphatic carbocycles. The molecule has 0 saturated heterocycles. The van der Waals surface area contributed by atoms with Crippen LogP contribution in [0.1, 0.15) is 46.5 Å². The third-order valence-electron chi connectivity index (χ3n) is 8.79. The number of Topliss-reactive ketones (excluding diaryl/α,β-unsaturated/α-hetero) is 1.